The van der Waals surface area contributed by atoms with Gasteiger partial charge in [0, 0.05) is 6.42 Å². The summed E-state index contributed by atoms with van der Waals surface area (Å²) in [5, 5.41) is 8.49. The van der Waals surface area contributed by atoms with Crippen molar-refractivity contribution in [1.29, 1.82) is 5.26 Å². The van der Waals surface area contributed by atoms with Crippen LogP contribution in [0.3, 0.4) is 0 Å². The zero-order valence-electron chi connectivity index (χ0n) is 19.6. The van der Waals surface area contributed by atoms with Gasteiger partial charge in [0.05, 0.1) is 6.07 Å². The minimum absolute atomic E-state index is 0.749. The van der Waals surface area contributed by atoms with Crippen LogP contribution in [0.4, 0.5) is 0 Å². The van der Waals surface area contributed by atoms with Gasteiger partial charge in [0.25, 0.3) is 0 Å². The van der Waals surface area contributed by atoms with Gasteiger partial charge in [-0.25, -0.2) is 0 Å². The van der Waals surface area contributed by atoms with Crippen LogP contribution in [0.15, 0.2) is 0 Å². The van der Waals surface area contributed by atoms with Gasteiger partial charge in [-0.15, -0.1) is 0 Å². The molecule has 0 aliphatic carbocycles. The second-order valence-corrected chi connectivity index (χ2v) is 9.04. The van der Waals surface area contributed by atoms with E-state index in [1.807, 2.05) is 0 Å². The minimum Gasteiger partial charge on any atom is -0.198 e. The molecule has 1 heteroatoms. The number of nitriles is 1. The van der Waals surface area contributed by atoms with E-state index >= 15 is 0 Å². The van der Waals surface area contributed by atoms with E-state index in [-0.39, 0.29) is 0 Å². The topological polar surface area (TPSA) is 23.8 Å². The molecule has 0 aromatic rings. The first-order valence-electron chi connectivity index (χ1n) is 13.3. The summed E-state index contributed by atoms with van der Waals surface area (Å²) in [5.41, 5.74) is 0. The van der Waals surface area contributed by atoms with Crippen LogP contribution >= 0.6 is 0 Å². The van der Waals surface area contributed by atoms with Crippen molar-refractivity contribution in [3.8, 4) is 6.07 Å². The zero-order valence-corrected chi connectivity index (χ0v) is 19.6. The van der Waals surface area contributed by atoms with E-state index in [2.05, 4.69) is 13.0 Å². The van der Waals surface area contributed by atoms with Crippen molar-refractivity contribution in [2.75, 3.05) is 0 Å². The van der Waals surface area contributed by atoms with Crippen molar-refractivity contribution >= 4 is 0 Å². The van der Waals surface area contributed by atoms with Gasteiger partial charge < -0.3 is 0 Å². The third-order valence-corrected chi connectivity index (χ3v) is 6.14. The molecule has 0 unspecified atom stereocenters. The van der Waals surface area contributed by atoms with E-state index in [0.717, 1.165) is 12.8 Å². The van der Waals surface area contributed by atoms with Crippen LogP contribution in [-0.4, -0.2) is 0 Å². The van der Waals surface area contributed by atoms with Gasteiger partial charge in [0.2, 0.25) is 0 Å². The lowest BCUT2D eigenvalue weighted by atomic mass is 10.0. The van der Waals surface area contributed by atoms with Crippen LogP contribution in [0, 0.1) is 11.3 Å². The molecule has 1 nitrogen and oxygen atoms in total. The van der Waals surface area contributed by atoms with Crippen LogP contribution in [-0.2, 0) is 0 Å². The van der Waals surface area contributed by atoms with Gasteiger partial charge in [-0.1, -0.05) is 155 Å². The molecule has 0 radical (unpaired) electrons. The predicted octanol–water partition coefficient (Wildman–Crippen LogP) is 10.3. The van der Waals surface area contributed by atoms with E-state index < -0.39 is 0 Å². The Morgan fingerprint density at radius 2 is 0.571 bits per heavy atom. The Balaban J connectivity index is 2.97. The monoisotopic (exact) mass is 391 g/mol. The van der Waals surface area contributed by atoms with Crippen molar-refractivity contribution < 1.29 is 0 Å². The maximum atomic E-state index is 8.49. The SMILES string of the molecule is CCCCCCCCCCCCCCCCCCCCCCCCCCC#N. The summed E-state index contributed by atoms with van der Waals surface area (Å²) in [6.07, 6.45) is 35.0. The molecule has 0 saturated heterocycles. The molecule has 0 fully saturated rings. The summed E-state index contributed by atoms with van der Waals surface area (Å²) in [6, 6.07) is 2.23. The maximum absolute atomic E-state index is 8.49. The van der Waals surface area contributed by atoms with Crippen LogP contribution < -0.4 is 0 Å². The Hall–Kier alpha value is -0.510. The average Bonchev–Trinajstić information content (AvgIpc) is 2.71. The van der Waals surface area contributed by atoms with E-state index in [1.54, 1.807) is 0 Å². The van der Waals surface area contributed by atoms with Crippen molar-refractivity contribution in [3.05, 3.63) is 0 Å². The number of hydrogen-bond acceptors (Lipinski definition) is 1. The van der Waals surface area contributed by atoms with E-state index in [4.69, 9.17) is 5.26 Å². The second kappa shape index (κ2) is 26.5. The summed E-state index contributed by atoms with van der Waals surface area (Å²) in [6.45, 7) is 2.30. The molecule has 0 aromatic heterocycles. The first kappa shape index (κ1) is 27.5. The van der Waals surface area contributed by atoms with Crippen molar-refractivity contribution in [1.82, 2.24) is 0 Å². The molecule has 0 spiro atoms. The first-order chi connectivity index (χ1) is 13.9. The lowest BCUT2D eigenvalue weighted by Gasteiger charge is -2.04. The fourth-order valence-corrected chi connectivity index (χ4v) is 4.17. The normalized spacial score (nSPS) is 11.0. The standard InChI is InChI=1S/C27H53N/c1-2-3-4-5-6-7-8-9-10-11-12-13-14-15-16-17-18-19-20-21-22-23-24-25-26-27-28/h2-26H2,1H3. The summed E-state index contributed by atoms with van der Waals surface area (Å²) < 4.78 is 0. The molecule has 0 heterocycles. The number of nitrogens with zero attached hydrogens (tertiary/aromatic N) is 1. The van der Waals surface area contributed by atoms with Gasteiger partial charge >= 0.3 is 0 Å². The van der Waals surface area contributed by atoms with E-state index in [9.17, 15) is 0 Å². The molecular formula is C27H53N. The van der Waals surface area contributed by atoms with E-state index in [0.29, 0.717) is 0 Å². The van der Waals surface area contributed by atoms with Crippen LogP contribution in [0.1, 0.15) is 167 Å². The van der Waals surface area contributed by atoms with Gasteiger partial charge in [0.1, 0.15) is 0 Å². The highest BCUT2D eigenvalue weighted by molar-refractivity contribution is 4.67. The van der Waals surface area contributed by atoms with Gasteiger partial charge in [-0.3, -0.25) is 0 Å². The quantitative estimate of drug-likeness (QED) is 0.150. The van der Waals surface area contributed by atoms with Crippen LogP contribution in [0.25, 0.3) is 0 Å². The molecule has 0 aliphatic rings. The highest BCUT2D eigenvalue weighted by atomic mass is 14.2. The molecule has 28 heavy (non-hydrogen) atoms. The van der Waals surface area contributed by atoms with E-state index in [1.165, 1.54) is 148 Å². The van der Waals surface area contributed by atoms with Gasteiger partial charge in [-0.2, -0.15) is 5.26 Å². The fraction of sp³-hybridized carbons (Fsp3) is 0.963. The summed E-state index contributed by atoms with van der Waals surface area (Å²) in [7, 11) is 0. The Labute approximate surface area is 179 Å². The molecule has 0 rings (SSSR count). The smallest absolute Gasteiger partial charge is 0.0621 e. The molecule has 166 valence electrons. The highest BCUT2D eigenvalue weighted by Gasteiger charge is 1.96. The van der Waals surface area contributed by atoms with Gasteiger partial charge in [0.15, 0.2) is 0 Å². The Kier molecular flexibility index (Phi) is 26.0. The third-order valence-electron chi connectivity index (χ3n) is 6.14. The largest absolute Gasteiger partial charge is 0.198 e. The van der Waals surface area contributed by atoms with Gasteiger partial charge in [-0.05, 0) is 6.42 Å². The lowest BCUT2D eigenvalue weighted by molar-refractivity contribution is 0.517. The van der Waals surface area contributed by atoms with Crippen molar-refractivity contribution in [2.45, 2.75) is 167 Å². The fourth-order valence-electron chi connectivity index (χ4n) is 4.17. The van der Waals surface area contributed by atoms with Crippen LogP contribution in [0.2, 0.25) is 0 Å². The third kappa shape index (κ3) is 25.5. The van der Waals surface area contributed by atoms with Crippen molar-refractivity contribution in [2.24, 2.45) is 0 Å². The number of hydrogen-bond donors (Lipinski definition) is 0. The molecule has 0 atom stereocenters. The molecular weight excluding hydrogens is 338 g/mol. The minimum atomic E-state index is 0.749. The summed E-state index contributed by atoms with van der Waals surface area (Å²) >= 11 is 0. The lowest BCUT2D eigenvalue weighted by Crippen LogP contribution is -1.84. The first-order valence-corrected chi connectivity index (χ1v) is 13.3. The summed E-state index contributed by atoms with van der Waals surface area (Å²) in [4.78, 5) is 0. The molecule has 0 amide bonds. The molecule has 0 aromatic carbocycles. The molecule has 0 bridgehead atoms. The molecule has 0 aliphatic heterocycles. The Morgan fingerprint density at radius 3 is 0.786 bits per heavy atom. The predicted molar refractivity (Wildman–Crippen MR) is 127 cm³/mol. The number of unbranched alkanes of at least 4 members (excludes halogenated alkanes) is 24. The molecule has 0 saturated carbocycles. The highest BCUT2D eigenvalue weighted by Crippen LogP contribution is 2.15. The number of rotatable bonds is 24. The maximum Gasteiger partial charge on any atom is 0.0621 e. The van der Waals surface area contributed by atoms with Crippen LogP contribution in [0.5, 0.6) is 0 Å². The summed E-state index contributed by atoms with van der Waals surface area (Å²) in [5.74, 6) is 0. The average molecular weight is 392 g/mol. The zero-order chi connectivity index (χ0) is 20.4. The Morgan fingerprint density at radius 1 is 0.357 bits per heavy atom. The van der Waals surface area contributed by atoms with Crippen molar-refractivity contribution in [3.63, 3.8) is 0 Å². The molecule has 0 N–H and O–H groups in total. The second-order valence-electron chi connectivity index (χ2n) is 9.04. The Bertz CT molecular complexity index is 304.